The maximum atomic E-state index is 12.3. The molecule has 1 rings (SSSR count). The van der Waals surface area contributed by atoms with Gasteiger partial charge in [0.15, 0.2) is 0 Å². The van der Waals surface area contributed by atoms with Gasteiger partial charge in [0.1, 0.15) is 0 Å². The predicted molar refractivity (Wildman–Crippen MR) is 77.4 cm³/mol. The van der Waals surface area contributed by atoms with Crippen LogP contribution in [0.5, 0.6) is 0 Å². The highest BCUT2D eigenvalue weighted by atomic mass is 16.2. The zero-order chi connectivity index (χ0) is 14.4. The number of pyridine rings is 1. The molecule has 0 bridgehead atoms. The van der Waals surface area contributed by atoms with E-state index in [1.165, 1.54) is 0 Å². The fourth-order valence-electron chi connectivity index (χ4n) is 1.80. The van der Waals surface area contributed by atoms with Crippen molar-refractivity contribution in [2.45, 2.75) is 52.7 Å². The van der Waals surface area contributed by atoms with Crippen molar-refractivity contribution in [3.63, 3.8) is 0 Å². The molecule has 0 fully saturated rings. The first-order chi connectivity index (χ1) is 8.91. The molecule has 1 amide bonds. The lowest BCUT2D eigenvalue weighted by atomic mass is 10.0. The van der Waals surface area contributed by atoms with Crippen molar-refractivity contribution in [1.29, 1.82) is 0 Å². The molecule has 0 aliphatic rings. The van der Waals surface area contributed by atoms with Crippen LogP contribution in [-0.2, 0) is 11.3 Å². The van der Waals surface area contributed by atoms with Crippen molar-refractivity contribution < 1.29 is 4.79 Å². The van der Waals surface area contributed by atoms with Crippen LogP contribution in [0.15, 0.2) is 24.5 Å². The first-order valence-corrected chi connectivity index (χ1v) is 6.85. The molecule has 106 valence electrons. The maximum Gasteiger partial charge on any atom is 0.224 e. The van der Waals surface area contributed by atoms with E-state index in [0.29, 0.717) is 18.9 Å². The number of aromatic nitrogens is 1. The van der Waals surface area contributed by atoms with E-state index in [-0.39, 0.29) is 18.0 Å². The lowest BCUT2D eigenvalue weighted by Gasteiger charge is -2.28. The molecular formula is C15H25N3O. The molecule has 1 atom stereocenters. The molecule has 4 nitrogen and oxygen atoms in total. The highest BCUT2D eigenvalue weighted by Gasteiger charge is 2.21. The summed E-state index contributed by atoms with van der Waals surface area (Å²) in [6.45, 7) is 8.72. The second-order valence-electron chi connectivity index (χ2n) is 5.59. The van der Waals surface area contributed by atoms with Gasteiger partial charge in [-0.1, -0.05) is 19.9 Å². The Labute approximate surface area is 116 Å². The fraction of sp³-hybridized carbons (Fsp3) is 0.600. The highest BCUT2D eigenvalue weighted by molar-refractivity contribution is 5.77. The zero-order valence-electron chi connectivity index (χ0n) is 12.3. The molecule has 0 saturated heterocycles. The number of carbonyl (C=O) groups is 1. The summed E-state index contributed by atoms with van der Waals surface area (Å²) in [7, 11) is 0. The van der Waals surface area contributed by atoms with Crippen LogP contribution in [0.2, 0.25) is 0 Å². The van der Waals surface area contributed by atoms with Gasteiger partial charge in [0.05, 0.1) is 0 Å². The third kappa shape index (κ3) is 4.99. The topological polar surface area (TPSA) is 59.2 Å². The normalized spacial score (nSPS) is 12.8. The summed E-state index contributed by atoms with van der Waals surface area (Å²) in [6, 6.07) is 3.95. The van der Waals surface area contributed by atoms with Crippen LogP contribution >= 0.6 is 0 Å². The molecule has 0 saturated carbocycles. The first-order valence-electron chi connectivity index (χ1n) is 6.85. The summed E-state index contributed by atoms with van der Waals surface area (Å²) >= 11 is 0. The molecular weight excluding hydrogens is 238 g/mol. The highest BCUT2D eigenvalue weighted by Crippen LogP contribution is 2.12. The summed E-state index contributed by atoms with van der Waals surface area (Å²) in [6.07, 6.45) is 3.93. The third-order valence-electron chi connectivity index (χ3n) is 3.29. The molecule has 1 heterocycles. The van der Waals surface area contributed by atoms with Crippen molar-refractivity contribution in [1.82, 2.24) is 9.88 Å². The Morgan fingerprint density at radius 2 is 2.05 bits per heavy atom. The number of nitrogens with two attached hydrogens (primary N) is 1. The van der Waals surface area contributed by atoms with Crippen molar-refractivity contribution in [3.05, 3.63) is 30.1 Å². The van der Waals surface area contributed by atoms with Crippen LogP contribution in [-0.4, -0.2) is 27.9 Å². The van der Waals surface area contributed by atoms with Gasteiger partial charge in [-0.15, -0.1) is 0 Å². The molecule has 0 spiro atoms. The number of hydrogen-bond acceptors (Lipinski definition) is 3. The molecule has 1 aromatic rings. The number of amides is 1. The van der Waals surface area contributed by atoms with Gasteiger partial charge in [-0.2, -0.15) is 0 Å². The van der Waals surface area contributed by atoms with Crippen LogP contribution in [0.3, 0.4) is 0 Å². The minimum atomic E-state index is -0.0809. The zero-order valence-corrected chi connectivity index (χ0v) is 12.3. The lowest BCUT2D eigenvalue weighted by molar-refractivity contribution is -0.134. The SMILES string of the molecule is CC(C)C(N)CC(=O)N(Cc1cccnc1)C(C)C. The Morgan fingerprint density at radius 3 is 2.53 bits per heavy atom. The van der Waals surface area contributed by atoms with Crippen molar-refractivity contribution in [3.8, 4) is 0 Å². The van der Waals surface area contributed by atoms with Crippen molar-refractivity contribution in [2.75, 3.05) is 0 Å². The summed E-state index contributed by atoms with van der Waals surface area (Å²) in [5.74, 6) is 0.427. The van der Waals surface area contributed by atoms with Crippen LogP contribution < -0.4 is 5.73 Å². The van der Waals surface area contributed by atoms with Gasteiger partial charge >= 0.3 is 0 Å². The van der Waals surface area contributed by atoms with E-state index in [4.69, 9.17) is 5.73 Å². The average Bonchev–Trinajstić information content (AvgIpc) is 2.36. The van der Waals surface area contributed by atoms with E-state index in [9.17, 15) is 4.79 Å². The standard InChI is InChI=1S/C15H25N3O/c1-11(2)14(16)8-15(19)18(12(3)4)10-13-6-5-7-17-9-13/h5-7,9,11-12,14H,8,10,16H2,1-4H3. The maximum absolute atomic E-state index is 12.3. The van der Waals surface area contributed by atoms with E-state index in [0.717, 1.165) is 5.56 Å². The van der Waals surface area contributed by atoms with Crippen molar-refractivity contribution in [2.24, 2.45) is 11.7 Å². The van der Waals surface area contributed by atoms with E-state index in [1.54, 1.807) is 12.4 Å². The summed E-state index contributed by atoms with van der Waals surface area (Å²) in [4.78, 5) is 18.3. The van der Waals surface area contributed by atoms with E-state index < -0.39 is 0 Å². The number of nitrogens with zero attached hydrogens (tertiary/aromatic N) is 2. The van der Waals surface area contributed by atoms with Gasteiger partial charge in [0.2, 0.25) is 5.91 Å². The quantitative estimate of drug-likeness (QED) is 0.856. The minimum absolute atomic E-state index is 0.0809. The molecule has 2 N–H and O–H groups in total. The molecule has 19 heavy (non-hydrogen) atoms. The van der Waals surface area contributed by atoms with Crippen LogP contribution in [0.25, 0.3) is 0 Å². The second-order valence-corrected chi connectivity index (χ2v) is 5.59. The third-order valence-corrected chi connectivity index (χ3v) is 3.29. The largest absolute Gasteiger partial charge is 0.336 e. The number of carbonyl (C=O) groups excluding carboxylic acids is 1. The molecule has 1 unspecified atom stereocenters. The Kier molecular flexibility index (Phi) is 5.96. The van der Waals surface area contributed by atoms with Gasteiger partial charge in [0, 0.05) is 37.4 Å². The van der Waals surface area contributed by atoms with E-state index in [1.807, 2.05) is 44.7 Å². The molecule has 1 aromatic heterocycles. The number of hydrogen-bond donors (Lipinski definition) is 1. The molecule has 0 radical (unpaired) electrons. The molecule has 4 heteroatoms. The number of rotatable bonds is 6. The smallest absolute Gasteiger partial charge is 0.224 e. The summed E-state index contributed by atoms with van der Waals surface area (Å²) in [5.41, 5.74) is 7.03. The first kappa shape index (κ1) is 15.6. The average molecular weight is 263 g/mol. The van der Waals surface area contributed by atoms with Gasteiger partial charge in [-0.05, 0) is 31.4 Å². The van der Waals surface area contributed by atoms with E-state index in [2.05, 4.69) is 4.98 Å². The summed E-state index contributed by atoms with van der Waals surface area (Å²) < 4.78 is 0. The second kappa shape index (κ2) is 7.24. The van der Waals surface area contributed by atoms with Crippen LogP contribution in [0.4, 0.5) is 0 Å². The lowest BCUT2D eigenvalue weighted by Crippen LogP contribution is -2.41. The Hall–Kier alpha value is -1.42. The minimum Gasteiger partial charge on any atom is -0.336 e. The monoisotopic (exact) mass is 263 g/mol. The van der Waals surface area contributed by atoms with Gasteiger partial charge in [-0.25, -0.2) is 0 Å². The molecule has 0 aliphatic carbocycles. The Bertz CT molecular complexity index is 390. The van der Waals surface area contributed by atoms with Crippen LogP contribution in [0, 0.1) is 5.92 Å². The Morgan fingerprint density at radius 1 is 1.37 bits per heavy atom. The predicted octanol–water partition coefficient (Wildman–Crippen LogP) is 2.19. The molecule has 0 aliphatic heterocycles. The fourth-order valence-corrected chi connectivity index (χ4v) is 1.80. The molecule has 0 aromatic carbocycles. The van der Waals surface area contributed by atoms with E-state index >= 15 is 0 Å². The van der Waals surface area contributed by atoms with Gasteiger partial charge in [-0.3, -0.25) is 9.78 Å². The van der Waals surface area contributed by atoms with Gasteiger partial charge in [0.25, 0.3) is 0 Å². The van der Waals surface area contributed by atoms with Crippen molar-refractivity contribution >= 4 is 5.91 Å². The Balaban J connectivity index is 2.70. The summed E-state index contributed by atoms with van der Waals surface area (Å²) in [5, 5.41) is 0. The van der Waals surface area contributed by atoms with Gasteiger partial charge < -0.3 is 10.6 Å². The van der Waals surface area contributed by atoms with Crippen LogP contribution in [0.1, 0.15) is 39.7 Å².